The van der Waals surface area contributed by atoms with Crippen LogP contribution in [-0.2, 0) is 11.3 Å². The Morgan fingerprint density at radius 2 is 1.71 bits per heavy atom. The van der Waals surface area contributed by atoms with Gasteiger partial charge < -0.3 is 20.7 Å². The van der Waals surface area contributed by atoms with Crippen LogP contribution in [-0.4, -0.2) is 61.3 Å². The van der Waals surface area contributed by atoms with Crippen molar-refractivity contribution < 1.29 is 9.53 Å². The van der Waals surface area contributed by atoms with Crippen molar-refractivity contribution in [1.82, 2.24) is 20.9 Å². The van der Waals surface area contributed by atoms with Gasteiger partial charge in [0, 0.05) is 38.3 Å². The molecule has 1 saturated carbocycles. The van der Waals surface area contributed by atoms with E-state index in [0.29, 0.717) is 12.1 Å². The third kappa shape index (κ3) is 9.59. The first-order valence-corrected chi connectivity index (χ1v) is 11.4. The molecule has 1 aliphatic carbocycles. The van der Waals surface area contributed by atoms with Crippen molar-refractivity contribution in [3.63, 3.8) is 0 Å². The van der Waals surface area contributed by atoms with Crippen molar-refractivity contribution in [3.05, 3.63) is 35.9 Å². The first-order chi connectivity index (χ1) is 14.7. The molecule has 7 nitrogen and oxygen atoms in total. The Hall–Kier alpha value is -2.28. The summed E-state index contributed by atoms with van der Waals surface area (Å²) in [7, 11) is 3.96. The maximum Gasteiger partial charge on any atom is 0.407 e. The summed E-state index contributed by atoms with van der Waals surface area (Å²) in [5.41, 5.74) is 0.851. The van der Waals surface area contributed by atoms with Crippen LogP contribution in [0.2, 0.25) is 0 Å². The summed E-state index contributed by atoms with van der Waals surface area (Å²) in [6.45, 7) is 9.60. The Bertz CT molecular complexity index is 694. The second-order valence-electron chi connectivity index (χ2n) is 9.54. The first kappa shape index (κ1) is 25.0. The highest BCUT2D eigenvalue weighted by Gasteiger charge is 2.25. The van der Waals surface area contributed by atoms with Gasteiger partial charge in [0.05, 0.1) is 0 Å². The van der Waals surface area contributed by atoms with E-state index in [0.717, 1.165) is 44.7 Å². The number of hydrogen-bond acceptors (Lipinski definition) is 4. The van der Waals surface area contributed by atoms with Gasteiger partial charge in [-0.3, -0.25) is 9.89 Å². The zero-order valence-corrected chi connectivity index (χ0v) is 20.1. The molecule has 1 unspecified atom stereocenters. The molecule has 174 valence electrons. The van der Waals surface area contributed by atoms with Crippen molar-refractivity contribution in [1.29, 1.82) is 0 Å². The molecule has 0 spiro atoms. The molecule has 0 radical (unpaired) electrons. The number of benzene rings is 1. The highest BCUT2D eigenvalue weighted by Crippen LogP contribution is 2.19. The van der Waals surface area contributed by atoms with E-state index in [1.165, 1.54) is 5.56 Å². The minimum atomic E-state index is -0.465. The third-order valence-corrected chi connectivity index (χ3v) is 5.60. The summed E-state index contributed by atoms with van der Waals surface area (Å²) in [6.07, 6.45) is 3.53. The van der Waals surface area contributed by atoms with Gasteiger partial charge in [-0.1, -0.05) is 30.3 Å². The molecule has 1 atom stereocenters. The lowest BCUT2D eigenvalue weighted by atomic mass is 9.91. The Kier molecular flexibility index (Phi) is 9.62. The van der Waals surface area contributed by atoms with Crippen molar-refractivity contribution >= 4 is 12.1 Å². The average Bonchev–Trinajstić information content (AvgIpc) is 2.71. The van der Waals surface area contributed by atoms with Gasteiger partial charge in [-0.05, 0) is 66.0 Å². The van der Waals surface area contributed by atoms with Crippen molar-refractivity contribution in [2.45, 2.75) is 83.6 Å². The summed E-state index contributed by atoms with van der Waals surface area (Å²) in [5.74, 6) is 0.837. The Morgan fingerprint density at radius 3 is 2.26 bits per heavy atom. The number of ether oxygens (including phenoxy) is 1. The highest BCUT2D eigenvalue weighted by molar-refractivity contribution is 5.80. The lowest BCUT2D eigenvalue weighted by Gasteiger charge is -2.32. The lowest BCUT2D eigenvalue weighted by Crippen LogP contribution is -2.50. The fourth-order valence-corrected chi connectivity index (χ4v) is 3.67. The van der Waals surface area contributed by atoms with Crippen LogP contribution >= 0.6 is 0 Å². The van der Waals surface area contributed by atoms with Crippen molar-refractivity contribution in [2.75, 3.05) is 20.6 Å². The maximum atomic E-state index is 12.0. The molecule has 1 aromatic rings. The van der Waals surface area contributed by atoms with Gasteiger partial charge in [0.15, 0.2) is 5.96 Å². The summed E-state index contributed by atoms with van der Waals surface area (Å²) in [6, 6.07) is 11.4. The number of alkyl carbamates (subject to hydrolysis) is 1. The number of rotatable bonds is 7. The third-order valence-electron chi connectivity index (χ3n) is 5.60. The predicted octanol–water partition coefficient (Wildman–Crippen LogP) is 3.51. The number of carbonyl (C=O) groups excluding carboxylic acids is 1. The minimum absolute atomic E-state index is 0.175. The average molecular weight is 432 g/mol. The van der Waals surface area contributed by atoms with Crippen molar-refractivity contribution in [2.24, 2.45) is 4.99 Å². The second kappa shape index (κ2) is 11.9. The molecule has 0 saturated heterocycles. The van der Waals surface area contributed by atoms with Gasteiger partial charge in [-0.25, -0.2) is 4.79 Å². The van der Waals surface area contributed by atoms with E-state index in [2.05, 4.69) is 64.1 Å². The summed E-state index contributed by atoms with van der Waals surface area (Å²) in [5, 5.41) is 9.99. The first-order valence-electron chi connectivity index (χ1n) is 11.4. The molecule has 0 heterocycles. The maximum absolute atomic E-state index is 12.0. The van der Waals surface area contributed by atoms with Crippen LogP contribution in [0, 0.1) is 0 Å². The smallest absolute Gasteiger partial charge is 0.407 e. The van der Waals surface area contributed by atoms with E-state index >= 15 is 0 Å². The minimum Gasteiger partial charge on any atom is -0.444 e. The van der Waals surface area contributed by atoms with E-state index in [1.807, 2.05) is 33.9 Å². The van der Waals surface area contributed by atoms with Gasteiger partial charge in [-0.15, -0.1) is 0 Å². The monoisotopic (exact) mass is 431 g/mol. The normalized spacial score (nSPS) is 20.8. The van der Waals surface area contributed by atoms with Gasteiger partial charge in [-0.2, -0.15) is 0 Å². The SMILES string of the molecule is CN=C(NCC(C)N(C)Cc1ccccc1)NC1CCC(NC(=O)OC(C)(C)C)CC1. The zero-order chi connectivity index (χ0) is 22.9. The molecule has 7 heteroatoms. The fourth-order valence-electron chi connectivity index (χ4n) is 3.67. The molecule has 31 heavy (non-hydrogen) atoms. The standard InChI is InChI=1S/C24H41N5O2/c1-18(29(6)17-19-10-8-7-9-11-19)16-26-22(25-5)27-20-12-14-21(15-13-20)28-23(30)31-24(2,3)4/h7-11,18,20-21H,12-17H2,1-6H3,(H,28,30)(H2,25,26,27). The molecule has 0 aromatic heterocycles. The van der Waals surface area contributed by atoms with Crippen LogP contribution in [0.25, 0.3) is 0 Å². The van der Waals surface area contributed by atoms with Crippen molar-refractivity contribution in [3.8, 4) is 0 Å². The van der Waals surface area contributed by atoms with Gasteiger partial charge in [0.2, 0.25) is 0 Å². The summed E-state index contributed by atoms with van der Waals surface area (Å²) in [4.78, 5) is 18.7. The molecule has 0 aliphatic heterocycles. The molecule has 1 aliphatic rings. The molecule has 1 amide bonds. The van der Waals surface area contributed by atoms with Gasteiger partial charge in [0.25, 0.3) is 0 Å². The van der Waals surface area contributed by atoms with Crippen LogP contribution in [0.5, 0.6) is 0 Å². The van der Waals surface area contributed by atoms with E-state index in [4.69, 9.17) is 4.74 Å². The topological polar surface area (TPSA) is 78.0 Å². The largest absolute Gasteiger partial charge is 0.444 e. The molecule has 2 rings (SSSR count). The predicted molar refractivity (Wildman–Crippen MR) is 127 cm³/mol. The van der Waals surface area contributed by atoms with Crippen LogP contribution < -0.4 is 16.0 Å². The number of guanidine groups is 1. The number of likely N-dealkylation sites (N-methyl/N-ethyl adjacent to an activating group) is 1. The lowest BCUT2D eigenvalue weighted by molar-refractivity contribution is 0.0490. The van der Waals surface area contributed by atoms with E-state index < -0.39 is 5.60 Å². The quantitative estimate of drug-likeness (QED) is 0.455. The number of nitrogens with zero attached hydrogens (tertiary/aromatic N) is 2. The number of hydrogen-bond donors (Lipinski definition) is 3. The summed E-state index contributed by atoms with van der Waals surface area (Å²) < 4.78 is 5.36. The van der Waals surface area contributed by atoms with Crippen LogP contribution in [0.4, 0.5) is 4.79 Å². The Morgan fingerprint density at radius 1 is 1.13 bits per heavy atom. The van der Waals surface area contributed by atoms with Crippen LogP contribution in [0.3, 0.4) is 0 Å². The van der Waals surface area contributed by atoms with E-state index in [-0.39, 0.29) is 12.1 Å². The number of carbonyl (C=O) groups is 1. The second-order valence-corrected chi connectivity index (χ2v) is 9.54. The molecule has 1 fully saturated rings. The number of amides is 1. The molecule has 3 N–H and O–H groups in total. The molecule has 1 aromatic carbocycles. The number of aliphatic imine (C=N–C) groups is 1. The number of nitrogens with one attached hydrogen (secondary N) is 3. The Labute approximate surface area is 188 Å². The van der Waals surface area contributed by atoms with E-state index in [9.17, 15) is 4.79 Å². The fraction of sp³-hybridized carbons (Fsp3) is 0.667. The molecular formula is C24H41N5O2. The van der Waals surface area contributed by atoms with Gasteiger partial charge in [0.1, 0.15) is 5.60 Å². The molecular weight excluding hydrogens is 390 g/mol. The zero-order valence-electron chi connectivity index (χ0n) is 20.1. The van der Waals surface area contributed by atoms with Crippen LogP contribution in [0.1, 0.15) is 58.9 Å². The van der Waals surface area contributed by atoms with E-state index in [1.54, 1.807) is 0 Å². The Balaban J connectivity index is 1.69. The highest BCUT2D eigenvalue weighted by atomic mass is 16.6. The molecule has 0 bridgehead atoms. The van der Waals surface area contributed by atoms with Gasteiger partial charge >= 0.3 is 6.09 Å². The van der Waals surface area contributed by atoms with Crippen LogP contribution in [0.15, 0.2) is 35.3 Å². The summed E-state index contributed by atoms with van der Waals surface area (Å²) >= 11 is 0.